The third-order valence-electron chi connectivity index (χ3n) is 5.38. The fourth-order valence-electron chi connectivity index (χ4n) is 3.93. The molecule has 1 N–H and O–H groups in total. The minimum absolute atomic E-state index is 0.0377. The molecular weight excluding hydrogens is 306 g/mol. The molecule has 2 aliphatic heterocycles. The summed E-state index contributed by atoms with van der Waals surface area (Å²) in [5.74, 6) is -0.0356. The van der Waals surface area contributed by atoms with Crippen molar-refractivity contribution in [2.24, 2.45) is 13.0 Å². The smallest absolute Gasteiger partial charge is 0.309 e. The molecular formula is C18H27N3O3. The van der Waals surface area contributed by atoms with Crippen molar-refractivity contribution in [2.75, 3.05) is 26.7 Å². The Labute approximate surface area is 143 Å². The van der Waals surface area contributed by atoms with Crippen molar-refractivity contribution in [3.05, 3.63) is 23.5 Å². The van der Waals surface area contributed by atoms with Gasteiger partial charge < -0.3 is 14.6 Å². The minimum atomic E-state index is -0.0557. The Hall–Kier alpha value is -1.82. The molecule has 2 aliphatic rings. The SMILES string of the molecule is CNC(=O)c1ccc([C@@H]2CCCCN2CC[C@@H]2CCOC2=O)n1C. The van der Waals surface area contributed by atoms with Gasteiger partial charge >= 0.3 is 5.97 Å². The first kappa shape index (κ1) is 17.0. The highest BCUT2D eigenvalue weighted by molar-refractivity contribution is 5.92. The molecule has 6 heteroatoms. The van der Waals surface area contributed by atoms with Gasteiger partial charge in [0.25, 0.3) is 5.91 Å². The molecule has 0 spiro atoms. The topological polar surface area (TPSA) is 63.6 Å². The van der Waals surface area contributed by atoms with Crippen LogP contribution in [0.1, 0.15) is 54.3 Å². The summed E-state index contributed by atoms with van der Waals surface area (Å²) in [6, 6.07) is 4.28. The van der Waals surface area contributed by atoms with Crippen LogP contribution in [0.4, 0.5) is 0 Å². The summed E-state index contributed by atoms with van der Waals surface area (Å²) in [7, 11) is 3.61. The average molecular weight is 333 g/mol. The second-order valence-corrected chi connectivity index (χ2v) is 6.77. The van der Waals surface area contributed by atoms with Gasteiger partial charge in [-0.15, -0.1) is 0 Å². The largest absolute Gasteiger partial charge is 0.465 e. The summed E-state index contributed by atoms with van der Waals surface area (Å²) in [5, 5.41) is 2.69. The zero-order chi connectivity index (χ0) is 17.1. The minimum Gasteiger partial charge on any atom is -0.465 e. The van der Waals surface area contributed by atoms with Gasteiger partial charge in [0.2, 0.25) is 0 Å². The standard InChI is InChI=1S/C18H27N3O3/c1-19-17(22)16-7-6-14(20(16)2)15-5-3-4-10-21(15)11-8-13-9-12-24-18(13)23/h6-7,13,15H,3-5,8-12H2,1-2H3,(H,19,22)/t13-,15+/m1/s1. The van der Waals surface area contributed by atoms with E-state index in [0.717, 1.165) is 32.4 Å². The molecule has 1 amide bonds. The maximum atomic E-state index is 12.0. The lowest BCUT2D eigenvalue weighted by Crippen LogP contribution is -2.36. The summed E-state index contributed by atoms with van der Waals surface area (Å²) < 4.78 is 7.08. The highest BCUT2D eigenvalue weighted by Crippen LogP contribution is 2.32. The Kier molecular flexibility index (Phi) is 5.23. The summed E-state index contributed by atoms with van der Waals surface area (Å²) in [5.41, 5.74) is 1.87. The molecule has 2 saturated heterocycles. The van der Waals surface area contributed by atoms with Crippen LogP contribution >= 0.6 is 0 Å². The quantitative estimate of drug-likeness (QED) is 0.836. The normalized spacial score (nSPS) is 24.8. The maximum absolute atomic E-state index is 12.0. The van der Waals surface area contributed by atoms with E-state index in [9.17, 15) is 9.59 Å². The highest BCUT2D eigenvalue weighted by Gasteiger charge is 2.30. The first-order valence-electron chi connectivity index (χ1n) is 8.90. The van der Waals surface area contributed by atoms with Crippen LogP contribution in [-0.2, 0) is 16.6 Å². The first-order valence-corrected chi connectivity index (χ1v) is 8.90. The van der Waals surface area contributed by atoms with Crippen LogP contribution in [0.15, 0.2) is 12.1 Å². The molecule has 6 nitrogen and oxygen atoms in total. The molecule has 24 heavy (non-hydrogen) atoms. The van der Waals surface area contributed by atoms with Crippen molar-refractivity contribution in [1.82, 2.24) is 14.8 Å². The summed E-state index contributed by atoms with van der Waals surface area (Å²) in [4.78, 5) is 26.1. The number of rotatable bonds is 5. The lowest BCUT2D eigenvalue weighted by atomic mass is 9.97. The zero-order valence-corrected chi connectivity index (χ0v) is 14.6. The molecule has 0 unspecified atom stereocenters. The molecule has 1 aromatic heterocycles. The van der Waals surface area contributed by atoms with Crippen molar-refractivity contribution in [1.29, 1.82) is 0 Å². The van der Waals surface area contributed by atoms with Gasteiger partial charge in [-0.1, -0.05) is 6.42 Å². The summed E-state index contributed by atoms with van der Waals surface area (Å²) >= 11 is 0. The molecule has 1 aromatic rings. The summed E-state index contributed by atoms with van der Waals surface area (Å²) in [6.07, 6.45) is 5.20. The van der Waals surface area contributed by atoms with Gasteiger partial charge in [0.15, 0.2) is 0 Å². The number of hydrogen-bond acceptors (Lipinski definition) is 4. The van der Waals surface area contributed by atoms with E-state index >= 15 is 0 Å². The number of carbonyl (C=O) groups excluding carboxylic acids is 2. The molecule has 2 fully saturated rings. The summed E-state index contributed by atoms with van der Waals surface area (Å²) in [6.45, 7) is 2.53. The zero-order valence-electron chi connectivity index (χ0n) is 14.6. The lowest BCUT2D eigenvalue weighted by molar-refractivity contribution is -0.141. The predicted octanol–water partition coefficient (Wildman–Crippen LogP) is 1.86. The number of likely N-dealkylation sites (tertiary alicyclic amines) is 1. The fraction of sp³-hybridized carbons (Fsp3) is 0.667. The van der Waals surface area contributed by atoms with Gasteiger partial charge in [-0.25, -0.2) is 0 Å². The van der Waals surface area contributed by atoms with Gasteiger partial charge in [0.1, 0.15) is 5.69 Å². The molecule has 3 heterocycles. The third kappa shape index (κ3) is 3.34. The van der Waals surface area contributed by atoms with E-state index in [0.29, 0.717) is 18.3 Å². The Morgan fingerprint density at radius 1 is 1.33 bits per heavy atom. The van der Waals surface area contributed by atoms with Crippen molar-refractivity contribution in [2.45, 2.75) is 38.1 Å². The van der Waals surface area contributed by atoms with E-state index in [-0.39, 0.29) is 17.8 Å². The Morgan fingerprint density at radius 2 is 2.17 bits per heavy atom. The van der Waals surface area contributed by atoms with Crippen LogP contribution in [0.25, 0.3) is 0 Å². The Balaban J connectivity index is 1.71. The number of nitrogens with zero attached hydrogens (tertiary/aromatic N) is 2. The number of aromatic nitrogens is 1. The molecule has 3 rings (SSSR count). The fourth-order valence-corrected chi connectivity index (χ4v) is 3.93. The van der Waals surface area contributed by atoms with Crippen LogP contribution in [0.2, 0.25) is 0 Å². The van der Waals surface area contributed by atoms with E-state index in [1.807, 2.05) is 17.7 Å². The van der Waals surface area contributed by atoms with Crippen LogP contribution in [0, 0.1) is 5.92 Å². The number of amides is 1. The second kappa shape index (κ2) is 7.38. The number of ether oxygens (including phenoxy) is 1. The van der Waals surface area contributed by atoms with Gasteiger partial charge in [-0.05, 0) is 50.9 Å². The van der Waals surface area contributed by atoms with E-state index in [1.165, 1.54) is 18.5 Å². The van der Waals surface area contributed by atoms with E-state index in [4.69, 9.17) is 4.74 Å². The molecule has 2 atom stereocenters. The molecule has 0 saturated carbocycles. The van der Waals surface area contributed by atoms with Crippen LogP contribution in [0.5, 0.6) is 0 Å². The lowest BCUT2D eigenvalue weighted by Gasteiger charge is -2.36. The number of esters is 1. The van der Waals surface area contributed by atoms with E-state index in [2.05, 4.69) is 16.3 Å². The van der Waals surface area contributed by atoms with Crippen molar-refractivity contribution in [3.8, 4) is 0 Å². The van der Waals surface area contributed by atoms with E-state index < -0.39 is 0 Å². The Morgan fingerprint density at radius 3 is 2.88 bits per heavy atom. The monoisotopic (exact) mass is 333 g/mol. The molecule has 0 radical (unpaired) electrons. The van der Waals surface area contributed by atoms with Crippen molar-refractivity contribution in [3.63, 3.8) is 0 Å². The average Bonchev–Trinajstić information content (AvgIpc) is 3.18. The van der Waals surface area contributed by atoms with Crippen molar-refractivity contribution >= 4 is 11.9 Å². The number of piperidine rings is 1. The van der Waals surface area contributed by atoms with Gasteiger partial charge in [0.05, 0.1) is 18.6 Å². The van der Waals surface area contributed by atoms with Gasteiger partial charge in [-0.3, -0.25) is 14.5 Å². The third-order valence-corrected chi connectivity index (χ3v) is 5.38. The predicted molar refractivity (Wildman–Crippen MR) is 90.7 cm³/mol. The number of cyclic esters (lactones) is 1. The molecule has 0 aromatic carbocycles. The number of hydrogen-bond donors (Lipinski definition) is 1. The second-order valence-electron chi connectivity index (χ2n) is 6.77. The number of nitrogens with one attached hydrogen (secondary N) is 1. The Bertz CT molecular complexity index is 611. The van der Waals surface area contributed by atoms with Gasteiger partial charge in [0, 0.05) is 19.8 Å². The highest BCUT2D eigenvalue weighted by atomic mass is 16.5. The van der Waals surface area contributed by atoms with Crippen LogP contribution in [0.3, 0.4) is 0 Å². The molecule has 0 bridgehead atoms. The number of carbonyl (C=O) groups is 2. The molecule has 0 aliphatic carbocycles. The first-order chi connectivity index (χ1) is 11.6. The molecule has 132 valence electrons. The van der Waals surface area contributed by atoms with Gasteiger partial charge in [-0.2, -0.15) is 0 Å². The van der Waals surface area contributed by atoms with Crippen LogP contribution < -0.4 is 5.32 Å². The van der Waals surface area contributed by atoms with Crippen molar-refractivity contribution < 1.29 is 14.3 Å². The maximum Gasteiger partial charge on any atom is 0.309 e. The van der Waals surface area contributed by atoms with E-state index in [1.54, 1.807) is 7.05 Å². The van der Waals surface area contributed by atoms with Crippen LogP contribution in [-0.4, -0.2) is 48.1 Å².